The van der Waals surface area contributed by atoms with Crippen LogP contribution in [-0.2, 0) is 6.54 Å². The van der Waals surface area contributed by atoms with Gasteiger partial charge in [0.1, 0.15) is 6.07 Å². The molecule has 2 aromatic rings. The lowest BCUT2D eigenvalue weighted by Crippen LogP contribution is -2.18. The second-order valence-electron chi connectivity index (χ2n) is 4.37. The Morgan fingerprint density at radius 1 is 1.45 bits per heavy atom. The normalized spacial score (nSPS) is 9.80. The van der Waals surface area contributed by atoms with Gasteiger partial charge in [0.15, 0.2) is 0 Å². The van der Waals surface area contributed by atoms with Crippen molar-refractivity contribution in [3.63, 3.8) is 0 Å². The van der Waals surface area contributed by atoms with E-state index in [1.165, 1.54) is 12.1 Å². The number of hydrogen-bond acceptors (Lipinski definition) is 4. The Balaban J connectivity index is 2.28. The molecule has 5 nitrogen and oxygen atoms in total. The molecule has 0 amide bonds. The number of carboxylic acids is 1. The molecule has 0 saturated carbocycles. The van der Waals surface area contributed by atoms with E-state index >= 15 is 0 Å². The van der Waals surface area contributed by atoms with Gasteiger partial charge in [0.25, 0.3) is 0 Å². The second kappa shape index (κ2) is 5.85. The Bertz CT molecular complexity index is 663. The van der Waals surface area contributed by atoms with E-state index in [1.807, 2.05) is 30.1 Å². The predicted molar refractivity (Wildman–Crippen MR) is 74.5 cm³/mol. The van der Waals surface area contributed by atoms with Crippen LogP contribution in [0.25, 0.3) is 0 Å². The third-order valence-corrected chi connectivity index (χ3v) is 2.92. The molecule has 0 unspecified atom stereocenters. The molecule has 0 aliphatic heterocycles. The number of aromatic carboxylic acids is 1. The lowest BCUT2D eigenvalue weighted by atomic mass is 10.1. The summed E-state index contributed by atoms with van der Waals surface area (Å²) in [4.78, 5) is 16.8. The molecule has 0 atom stereocenters. The molecule has 20 heavy (non-hydrogen) atoms. The maximum atomic E-state index is 10.9. The quantitative estimate of drug-likeness (QED) is 0.919. The van der Waals surface area contributed by atoms with Crippen LogP contribution in [0, 0.1) is 11.3 Å². The third kappa shape index (κ3) is 2.93. The van der Waals surface area contributed by atoms with Gasteiger partial charge in [-0.15, -0.1) is 0 Å². The van der Waals surface area contributed by atoms with Crippen LogP contribution in [0.15, 0.2) is 42.7 Å². The van der Waals surface area contributed by atoms with Crippen molar-refractivity contribution >= 4 is 11.7 Å². The maximum absolute atomic E-state index is 10.9. The Labute approximate surface area is 116 Å². The number of aromatic nitrogens is 1. The molecule has 0 radical (unpaired) electrons. The summed E-state index contributed by atoms with van der Waals surface area (Å²) in [6, 6.07) is 10.4. The first-order valence-corrected chi connectivity index (χ1v) is 5.99. The maximum Gasteiger partial charge on any atom is 0.335 e. The molecule has 0 aliphatic carbocycles. The van der Waals surface area contributed by atoms with E-state index in [4.69, 9.17) is 10.4 Å². The Morgan fingerprint density at radius 3 is 2.85 bits per heavy atom. The number of nitrogens with zero attached hydrogens (tertiary/aromatic N) is 3. The van der Waals surface area contributed by atoms with Gasteiger partial charge in [-0.05, 0) is 29.8 Å². The van der Waals surface area contributed by atoms with Crippen LogP contribution in [0.2, 0.25) is 0 Å². The fourth-order valence-corrected chi connectivity index (χ4v) is 1.94. The van der Waals surface area contributed by atoms with Crippen LogP contribution < -0.4 is 4.90 Å². The molecular formula is C15H13N3O2. The predicted octanol–water partition coefficient (Wildman–Crippen LogP) is 2.29. The Morgan fingerprint density at radius 2 is 2.25 bits per heavy atom. The Hall–Kier alpha value is -2.87. The third-order valence-electron chi connectivity index (χ3n) is 2.92. The first kappa shape index (κ1) is 13.6. The highest BCUT2D eigenvalue weighted by Gasteiger charge is 2.11. The fraction of sp³-hybridized carbons (Fsp3) is 0.133. The first-order valence-electron chi connectivity index (χ1n) is 5.99. The molecule has 0 spiro atoms. The number of pyridine rings is 1. The number of carbonyl (C=O) groups is 1. The molecule has 1 heterocycles. The summed E-state index contributed by atoms with van der Waals surface area (Å²) >= 11 is 0. The minimum absolute atomic E-state index is 0.111. The summed E-state index contributed by atoms with van der Waals surface area (Å²) in [6.45, 7) is 0.592. The number of rotatable bonds is 4. The molecule has 1 aromatic heterocycles. The molecule has 0 fully saturated rings. The van der Waals surface area contributed by atoms with Crippen molar-refractivity contribution < 1.29 is 9.90 Å². The van der Waals surface area contributed by atoms with Crippen molar-refractivity contribution in [2.24, 2.45) is 0 Å². The summed E-state index contributed by atoms with van der Waals surface area (Å²) in [5.41, 5.74) is 2.17. The average Bonchev–Trinajstić information content (AvgIpc) is 2.47. The highest BCUT2D eigenvalue weighted by molar-refractivity contribution is 5.89. The second-order valence-corrected chi connectivity index (χ2v) is 4.37. The largest absolute Gasteiger partial charge is 0.478 e. The Kier molecular flexibility index (Phi) is 3.96. The lowest BCUT2D eigenvalue weighted by molar-refractivity contribution is 0.0697. The number of benzene rings is 1. The van der Waals surface area contributed by atoms with Crippen LogP contribution in [0.1, 0.15) is 21.5 Å². The topological polar surface area (TPSA) is 77.2 Å². The van der Waals surface area contributed by atoms with Gasteiger partial charge in [-0.25, -0.2) is 4.79 Å². The van der Waals surface area contributed by atoms with E-state index in [-0.39, 0.29) is 5.56 Å². The van der Waals surface area contributed by atoms with Crippen LogP contribution in [0.5, 0.6) is 0 Å². The minimum Gasteiger partial charge on any atom is -0.478 e. The van der Waals surface area contributed by atoms with Gasteiger partial charge in [-0.3, -0.25) is 4.98 Å². The van der Waals surface area contributed by atoms with Gasteiger partial charge in [0.05, 0.1) is 16.8 Å². The standard InChI is InChI=1S/C15H13N3O2/c1-18(10-11-3-2-6-17-9-11)14-5-4-12(15(19)20)7-13(14)8-16/h2-7,9H,10H2,1H3,(H,19,20). The molecule has 1 aromatic carbocycles. The molecule has 0 aliphatic rings. The minimum atomic E-state index is -1.04. The van der Waals surface area contributed by atoms with Gasteiger partial charge in [-0.2, -0.15) is 5.26 Å². The van der Waals surface area contributed by atoms with Crippen molar-refractivity contribution in [3.05, 3.63) is 59.4 Å². The van der Waals surface area contributed by atoms with Gasteiger partial charge in [-0.1, -0.05) is 6.07 Å². The molecule has 1 N–H and O–H groups in total. The zero-order valence-electron chi connectivity index (χ0n) is 10.9. The van der Waals surface area contributed by atoms with Crippen LogP contribution in [-0.4, -0.2) is 23.1 Å². The van der Waals surface area contributed by atoms with Crippen LogP contribution in [0.4, 0.5) is 5.69 Å². The molecule has 100 valence electrons. The number of nitriles is 1. The highest BCUT2D eigenvalue weighted by atomic mass is 16.4. The highest BCUT2D eigenvalue weighted by Crippen LogP contribution is 2.22. The SMILES string of the molecule is CN(Cc1cccnc1)c1ccc(C(=O)O)cc1C#N. The molecular weight excluding hydrogens is 254 g/mol. The van der Waals surface area contributed by atoms with Crippen molar-refractivity contribution in [2.75, 3.05) is 11.9 Å². The van der Waals surface area contributed by atoms with Gasteiger partial charge in [0, 0.05) is 26.0 Å². The van der Waals surface area contributed by atoms with Crippen molar-refractivity contribution in [1.82, 2.24) is 4.98 Å². The van der Waals surface area contributed by atoms with Crippen molar-refractivity contribution in [2.45, 2.75) is 6.54 Å². The van der Waals surface area contributed by atoms with Crippen LogP contribution in [0.3, 0.4) is 0 Å². The summed E-state index contributed by atoms with van der Waals surface area (Å²) in [6.07, 6.45) is 3.46. The first-order chi connectivity index (χ1) is 9.61. The zero-order valence-corrected chi connectivity index (χ0v) is 10.9. The van der Waals surface area contributed by atoms with Gasteiger partial charge >= 0.3 is 5.97 Å². The van der Waals surface area contributed by atoms with E-state index in [9.17, 15) is 4.79 Å². The number of hydrogen-bond donors (Lipinski definition) is 1. The summed E-state index contributed by atoms with van der Waals surface area (Å²) in [5, 5.41) is 18.1. The lowest BCUT2D eigenvalue weighted by Gasteiger charge is -2.20. The van der Waals surface area contributed by atoms with Crippen molar-refractivity contribution in [3.8, 4) is 6.07 Å². The summed E-state index contributed by atoms with van der Waals surface area (Å²) in [7, 11) is 1.85. The van der Waals surface area contributed by atoms with E-state index in [1.54, 1.807) is 18.5 Å². The molecule has 0 bridgehead atoms. The van der Waals surface area contributed by atoms with Gasteiger partial charge in [0.2, 0.25) is 0 Å². The van der Waals surface area contributed by atoms with Gasteiger partial charge < -0.3 is 10.0 Å². The van der Waals surface area contributed by atoms with E-state index in [0.29, 0.717) is 17.8 Å². The number of anilines is 1. The fourth-order valence-electron chi connectivity index (χ4n) is 1.94. The van der Waals surface area contributed by atoms with E-state index < -0.39 is 5.97 Å². The smallest absolute Gasteiger partial charge is 0.335 e. The van der Waals surface area contributed by atoms with Crippen LogP contribution >= 0.6 is 0 Å². The van der Waals surface area contributed by atoms with E-state index in [2.05, 4.69) is 4.98 Å². The average molecular weight is 267 g/mol. The summed E-state index contributed by atoms with van der Waals surface area (Å²) < 4.78 is 0. The monoisotopic (exact) mass is 267 g/mol. The molecule has 0 saturated heterocycles. The summed E-state index contributed by atoms with van der Waals surface area (Å²) in [5.74, 6) is -1.04. The molecule has 2 rings (SSSR count). The zero-order chi connectivity index (χ0) is 14.5. The number of carboxylic acid groups (broad SMARTS) is 1. The molecule has 5 heteroatoms. The van der Waals surface area contributed by atoms with Crippen molar-refractivity contribution in [1.29, 1.82) is 5.26 Å². The van der Waals surface area contributed by atoms with E-state index in [0.717, 1.165) is 5.56 Å².